The summed E-state index contributed by atoms with van der Waals surface area (Å²) in [5, 5.41) is 0.525. The molecule has 0 spiro atoms. The maximum atomic E-state index is 13.9. The van der Waals surface area contributed by atoms with Gasteiger partial charge in [0, 0.05) is 33.9 Å². The summed E-state index contributed by atoms with van der Waals surface area (Å²) in [4.78, 5) is 30.9. The first-order chi connectivity index (χ1) is 15.9. The Labute approximate surface area is 200 Å². The van der Waals surface area contributed by atoms with Crippen LogP contribution in [0, 0.1) is 5.92 Å². The Bertz CT molecular complexity index is 1150. The van der Waals surface area contributed by atoms with Crippen LogP contribution in [0.2, 0.25) is 5.02 Å². The van der Waals surface area contributed by atoms with Gasteiger partial charge in [0.2, 0.25) is 5.91 Å². The molecule has 170 valence electrons. The van der Waals surface area contributed by atoms with Crippen LogP contribution in [0.15, 0.2) is 78.9 Å². The van der Waals surface area contributed by atoms with Gasteiger partial charge in [-0.3, -0.25) is 9.59 Å². The van der Waals surface area contributed by atoms with Crippen molar-refractivity contribution in [2.75, 3.05) is 9.80 Å². The summed E-state index contributed by atoms with van der Waals surface area (Å²) in [6, 6.07) is 24.5. The number of amides is 2. The van der Waals surface area contributed by atoms with Crippen LogP contribution in [-0.4, -0.2) is 17.9 Å². The standard InChI is InChI=1S/C28H29ClN2O2/c1-4-19(2)27(32)30-20(3)17-26(24-15-8-9-16-25(24)30)31(23-13-6-5-7-14-23)28(33)21-11-10-12-22(29)18-21/h5-16,18-20,26H,4,17H2,1-3H3/t19-,20+,26-/m0/s1. The number of rotatable bonds is 5. The van der Waals surface area contributed by atoms with E-state index in [2.05, 4.69) is 6.92 Å². The highest BCUT2D eigenvalue weighted by Crippen LogP contribution is 2.43. The van der Waals surface area contributed by atoms with Crippen LogP contribution in [-0.2, 0) is 4.79 Å². The van der Waals surface area contributed by atoms with Crippen LogP contribution in [0.5, 0.6) is 0 Å². The van der Waals surface area contributed by atoms with Gasteiger partial charge >= 0.3 is 0 Å². The molecule has 2 amide bonds. The van der Waals surface area contributed by atoms with E-state index in [1.165, 1.54) is 0 Å². The summed E-state index contributed by atoms with van der Waals surface area (Å²) >= 11 is 6.21. The number of hydrogen-bond donors (Lipinski definition) is 0. The molecule has 0 saturated heterocycles. The summed E-state index contributed by atoms with van der Waals surface area (Å²) in [6.07, 6.45) is 1.43. The maximum Gasteiger partial charge on any atom is 0.258 e. The summed E-state index contributed by atoms with van der Waals surface area (Å²) in [7, 11) is 0. The molecule has 5 heteroatoms. The number of carbonyl (C=O) groups is 2. The van der Waals surface area contributed by atoms with E-state index in [-0.39, 0.29) is 29.8 Å². The molecule has 33 heavy (non-hydrogen) atoms. The first-order valence-electron chi connectivity index (χ1n) is 11.5. The molecule has 1 aliphatic rings. The smallest absolute Gasteiger partial charge is 0.258 e. The Balaban J connectivity index is 1.83. The molecule has 3 atom stereocenters. The number of nitrogens with zero attached hydrogens (tertiary/aromatic N) is 2. The minimum Gasteiger partial charge on any atom is -0.309 e. The van der Waals surface area contributed by atoms with E-state index in [4.69, 9.17) is 11.6 Å². The highest BCUT2D eigenvalue weighted by atomic mass is 35.5. The van der Waals surface area contributed by atoms with E-state index in [0.29, 0.717) is 17.0 Å². The predicted molar refractivity (Wildman–Crippen MR) is 135 cm³/mol. The Kier molecular flexibility index (Phi) is 6.85. The zero-order valence-corrected chi connectivity index (χ0v) is 20.0. The van der Waals surface area contributed by atoms with E-state index >= 15 is 0 Å². The SMILES string of the molecule is CC[C@H](C)C(=O)N1c2ccccc2[C@@H](N(C(=O)c2cccc(Cl)c2)c2ccccc2)C[C@H]1C. The summed E-state index contributed by atoms with van der Waals surface area (Å²) < 4.78 is 0. The third kappa shape index (κ3) is 4.53. The fourth-order valence-electron chi connectivity index (χ4n) is 4.56. The van der Waals surface area contributed by atoms with Crippen molar-refractivity contribution < 1.29 is 9.59 Å². The van der Waals surface area contributed by atoms with E-state index in [9.17, 15) is 9.59 Å². The predicted octanol–water partition coefficient (Wildman–Crippen LogP) is 6.90. The van der Waals surface area contributed by atoms with Crippen molar-refractivity contribution in [1.29, 1.82) is 0 Å². The van der Waals surface area contributed by atoms with Crippen LogP contribution in [0.25, 0.3) is 0 Å². The maximum absolute atomic E-state index is 13.9. The molecule has 0 bridgehead atoms. The molecule has 0 unspecified atom stereocenters. The highest BCUT2D eigenvalue weighted by molar-refractivity contribution is 6.31. The molecule has 0 fully saturated rings. The van der Waals surface area contributed by atoms with Crippen LogP contribution in [0.3, 0.4) is 0 Å². The molecule has 4 rings (SSSR count). The van der Waals surface area contributed by atoms with Crippen molar-refractivity contribution in [2.45, 2.75) is 45.7 Å². The summed E-state index contributed by atoms with van der Waals surface area (Å²) in [5.74, 6) is -0.0453. The quantitative estimate of drug-likeness (QED) is 0.415. The molecule has 1 aliphatic heterocycles. The lowest BCUT2D eigenvalue weighted by atomic mass is 9.88. The number of para-hydroxylation sites is 2. The average Bonchev–Trinajstić information content (AvgIpc) is 2.84. The molecular weight excluding hydrogens is 432 g/mol. The fraction of sp³-hybridized carbons (Fsp3) is 0.286. The monoisotopic (exact) mass is 460 g/mol. The number of hydrogen-bond acceptors (Lipinski definition) is 2. The van der Waals surface area contributed by atoms with Gasteiger partial charge in [-0.05, 0) is 61.7 Å². The van der Waals surface area contributed by atoms with Gasteiger partial charge in [-0.15, -0.1) is 0 Å². The molecule has 0 saturated carbocycles. The Hall–Kier alpha value is -3.11. The topological polar surface area (TPSA) is 40.6 Å². The number of halogens is 1. The number of anilines is 2. The van der Waals surface area contributed by atoms with Crippen molar-refractivity contribution in [3.8, 4) is 0 Å². The normalized spacial score (nSPS) is 18.4. The van der Waals surface area contributed by atoms with Gasteiger partial charge in [0.1, 0.15) is 0 Å². The van der Waals surface area contributed by atoms with Gasteiger partial charge < -0.3 is 9.80 Å². The third-order valence-corrected chi connectivity index (χ3v) is 6.70. The van der Waals surface area contributed by atoms with E-state index in [1.54, 1.807) is 24.3 Å². The zero-order chi connectivity index (χ0) is 23.5. The van der Waals surface area contributed by atoms with Gasteiger partial charge in [-0.25, -0.2) is 0 Å². The average molecular weight is 461 g/mol. The molecule has 3 aromatic carbocycles. The lowest BCUT2D eigenvalue weighted by Crippen LogP contribution is -2.49. The molecule has 3 aromatic rings. The van der Waals surface area contributed by atoms with Crippen molar-refractivity contribution in [3.05, 3.63) is 95.0 Å². The summed E-state index contributed by atoms with van der Waals surface area (Å²) in [6.45, 7) is 6.08. The van der Waals surface area contributed by atoms with Crippen LogP contribution >= 0.6 is 11.6 Å². The second-order valence-corrected chi connectivity index (χ2v) is 9.13. The minimum atomic E-state index is -0.217. The van der Waals surface area contributed by atoms with Crippen molar-refractivity contribution in [1.82, 2.24) is 0 Å². The van der Waals surface area contributed by atoms with Gasteiger partial charge in [0.05, 0.1) is 6.04 Å². The van der Waals surface area contributed by atoms with Gasteiger partial charge in [-0.2, -0.15) is 0 Å². The van der Waals surface area contributed by atoms with Crippen molar-refractivity contribution in [3.63, 3.8) is 0 Å². The first kappa shape index (κ1) is 23.1. The van der Waals surface area contributed by atoms with Gasteiger partial charge in [0.25, 0.3) is 5.91 Å². The van der Waals surface area contributed by atoms with E-state index in [0.717, 1.165) is 23.4 Å². The lowest BCUT2D eigenvalue weighted by Gasteiger charge is -2.44. The molecular formula is C28H29ClN2O2. The molecule has 0 aliphatic carbocycles. The Morgan fingerprint density at radius 3 is 2.42 bits per heavy atom. The van der Waals surface area contributed by atoms with E-state index < -0.39 is 0 Å². The third-order valence-electron chi connectivity index (χ3n) is 6.47. The zero-order valence-electron chi connectivity index (χ0n) is 19.2. The van der Waals surface area contributed by atoms with Crippen LogP contribution in [0.1, 0.15) is 55.6 Å². The fourth-order valence-corrected chi connectivity index (χ4v) is 4.75. The first-order valence-corrected chi connectivity index (χ1v) is 11.9. The Morgan fingerprint density at radius 1 is 1.03 bits per heavy atom. The van der Waals surface area contributed by atoms with Gasteiger partial charge in [-0.1, -0.05) is 67.9 Å². The van der Waals surface area contributed by atoms with Crippen LogP contribution in [0.4, 0.5) is 11.4 Å². The molecule has 4 nitrogen and oxygen atoms in total. The minimum absolute atomic E-state index is 0.0511. The Morgan fingerprint density at radius 2 is 1.73 bits per heavy atom. The molecule has 0 N–H and O–H groups in total. The molecule has 0 aromatic heterocycles. The molecule has 0 radical (unpaired) electrons. The largest absolute Gasteiger partial charge is 0.309 e. The second-order valence-electron chi connectivity index (χ2n) is 8.70. The van der Waals surface area contributed by atoms with Crippen molar-refractivity contribution in [2.24, 2.45) is 5.92 Å². The molecule has 1 heterocycles. The number of fused-ring (bicyclic) bond motifs is 1. The van der Waals surface area contributed by atoms with E-state index in [1.807, 2.05) is 78.2 Å². The number of carbonyl (C=O) groups excluding carboxylic acids is 2. The highest BCUT2D eigenvalue weighted by Gasteiger charge is 2.39. The van der Waals surface area contributed by atoms with Crippen LogP contribution < -0.4 is 9.80 Å². The summed E-state index contributed by atoms with van der Waals surface area (Å²) in [5.41, 5.74) is 3.21. The van der Waals surface area contributed by atoms with Gasteiger partial charge in [0.15, 0.2) is 0 Å². The lowest BCUT2D eigenvalue weighted by molar-refractivity contribution is -0.122. The van der Waals surface area contributed by atoms with Crippen molar-refractivity contribution >= 4 is 34.8 Å². The second kappa shape index (κ2) is 9.80. The number of benzene rings is 3.